The summed E-state index contributed by atoms with van der Waals surface area (Å²) in [6.07, 6.45) is 4.48. The van der Waals surface area contributed by atoms with Crippen molar-refractivity contribution in [2.45, 2.75) is 25.8 Å². The molecule has 2 aromatic heterocycles. The summed E-state index contributed by atoms with van der Waals surface area (Å²) in [5.74, 6) is -0.510. The van der Waals surface area contributed by atoms with E-state index in [9.17, 15) is 18.8 Å². The quantitative estimate of drug-likeness (QED) is 0.680. The molecule has 0 saturated carbocycles. The van der Waals surface area contributed by atoms with Gasteiger partial charge in [0.1, 0.15) is 5.82 Å². The zero-order chi connectivity index (χ0) is 22.8. The molecule has 1 N–H and O–H groups in total. The number of hydrogen-bond acceptors (Lipinski definition) is 5. The van der Waals surface area contributed by atoms with Crippen molar-refractivity contribution < 1.29 is 14.0 Å². The highest BCUT2D eigenvalue weighted by molar-refractivity contribution is 6.04. The van der Waals surface area contributed by atoms with Gasteiger partial charge in [0.15, 0.2) is 5.82 Å². The van der Waals surface area contributed by atoms with Gasteiger partial charge in [0, 0.05) is 37.7 Å². The molecule has 1 saturated heterocycles. The third-order valence-corrected chi connectivity index (χ3v) is 5.49. The van der Waals surface area contributed by atoms with Gasteiger partial charge in [-0.2, -0.15) is 0 Å². The zero-order valence-electron chi connectivity index (χ0n) is 17.7. The molecule has 3 heterocycles. The molecule has 0 aliphatic carbocycles. The predicted molar refractivity (Wildman–Crippen MR) is 116 cm³/mol. The SMILES string of the molecule is Cc1nc([C@H]2CCCN2C(=O)c2ccc(=O)n(C)c2)ncc1C(=O)Nc1ccc(F)cc1. The lowest BCUT2D eigenvalue weighted by molar-refractivity contribution is 0.0728. The first-order chi connectivity index (χ1) is 15.3. The van der Waals surface area contributed by atoms with Crippen LogP contribution < -0.4 is 10.9 Å². The van der Waals surface area contributed by atoms with Crippen LogP contribution in [0.2, 0.25) is 0 Å². The molecule has 1 aliphatic heterocycles. The van der Waals surface area contributed by atoms with E-state index in [4.69, 9.17) is 0 Å². The molecule has 4 rings (SSSR count). The lowest BCUT2D eigenvalue weighted by atomic mass is 10.1. The zero-order valence-corrected chi connectivity index (χ0v) is 17.7. The summed E-state index contributed by atoms with van der Waals surface area (Å²) in [6.45, 7) is 2.26. The van der Waals surface area contributed by atoms with Crippen LogP contribution in [0.25, 0.3) is 0 Å². The van der Waals surface area contributed by atoms with Gasteiger partial charge >= 0.3 is 0 Å². The van der Waals surface area contributed by atoms with Crippen molar-refractivity contribution in [1.82, 2.24) is 19.4 Å². The number of anilines is 1. The highest BCUT2D eigenvalue weighted by atomic mass is 19.1. The standard InChI is InChI=1S/C23H22FN5O3/c1-14-18(22(31)27-17-8-6-16(24)7-9-17)12-25-21(26-14)19-4-3-11-29(19)23(32)15-5-10-20(30)28(2)13-15/h5-10,12-13,19H,3-4,11H2,1-2H3,(H,27,31)/t19-/m1/s1. The third-order valence-electron chi connectivity index (χ3n) is 5.49. The van der Waals surface area contributed by atoms with Crippen LogP contribution in [0.5, 0.6) is 0 Å². The lowest BCUT2D eigenvalue weighted by Crippen LogP contribution is -2.32. The maximum atomic E-state index is 13.1. The summed E-state index contributed by atoms with van der Waals surface area (Å²) in [7, 11) is 1.60. The van der Waals surface area contributed by atoms with Gasteiger partial charge < -0.3 is 14.8 Å². The van der Waals surface area contributed by atoms with Crippen molar-refractivity contribution in [3.05, 3.63) is 87.6 Å². The van der Waals surface area contributed by atoms with Gasteiger partial charge in [0.2, 0.25) is 5.56 Å². The van der Waals surface area contributed by atoms with Gasteiger partial charge in [-0.15, -0.1) is 0 Å². The smallest absolute Gasteiger partial charge is 0.259 e. The maximum Gasteiger partial charge on any atom is 0.259 e. The highest BCUT2D eigenvalue weighted by Gasteiger charge is 2.33. The number of nitrogens with one attached hydrogen (secondary N) is 1. The van der Waals surface area contributed by atoms with Crippen LogP contribution in [0.15, 0.2) is 53.6 Å². The predicted octanol–water partition coefficient (Wildman–Crippen LogP) is 2.85. The van der Waals surface area contributed by atoms with Crippen LogP contribution >= 0.6 is 0 Å². The fraction of sp³-hybridized carbons (Fsp3) is 0.261. The largest absolute Gasteiger partial charge is 0.328 e. The van der Waals surface area contributed by atoms with Crippen LogP contribution in [0.1, 0.15) is 51.1 Å². The molecular weight excluding hydrogens is 413 g/mol. The van der Waals surface area contributed by atoms with E-state index in [0.717, 1.165) is 6.42 Å². The average molecular weight is 435 g/mol. The molecule has 0 unspecified atom stereocenters. The van der Waals surface area contributed by atoms with Crippen molar-refractivity contribution in [2.24, 2.45) is 7.05 Å². The van der Waals surface area contributed by atoms with Crippen LogP contribution in [0, 0.1) is 12.7 Å². The minimum Gasteiger partial charge on any atom is -0.328 e. The summed E-state index contributed by atoms with van der Waals surface area (Å²) in [4.78, 5) is 47.8. The van der Waals surface area contributed by atoms with E-state index in [1.165, 1.54) is 53.4 Å². The van der Waals surface area contributed by atoms with E-state index in [2.05, 4.69) is 15.3 Å². The van der Waals surface area contributed by atoms with Crippen molar-refractivity contribution in [2.75, 3.05) is 11.9 Å². The molecular formula is C23H22FN5O3. The number of rotatable bonds is 4. The van der Waals surface area contributed by atoms with Gasteiger partial charge in [0.25, 0.3) is 11.8 Å². The Bertz CT molecular complexity index is 1240. The van der Waals surface area contributed by atoms with Crippen LogP contribution in [0.4, 0.5) is 10.1 Å². The number of aromatic nitrogens is 3. The van der Waals surface area contributed by atoms with Crippen LogP contribution in [-0.2, 0) is 7.05 Å². The fourth-order valence-electron chi connectivity index (χ4n) is 3.76. The van der Waals surface area contributed by atoms with Gasteiger partial charge in [-0.25, -0.2) is 14.4 Å². The number of halogens is 1. The fourth-order valence-corrected chi connectivity index (χ4v) is 3.76. The van der Waals surface area contributed by atoms with Gasteiger partial charge in [0.05, 0.1) is 22.9 Å². The van der Waals surface area contributed by atoms with Gasteiger partial charge in [-0.1, -0.05) is 0 Å². The molecule has 2 amide bonds. The Morgan fingerprint density at radius 1 is 1.16 bits per heavy atom. The molecule has 164 valence electrons. The Labute approximate surface area is 183 Å². The van der Waals surface area contributed by atoms with Gasteiger partial charge in [-0.05, 0) is 50.1 Å². The van der Waals surface area contributed by atoms with Gasteiger partial charge in [-0.3, -0.25) is 14.4 Å². The van der Waals surface area contributed by atoms with Crippen molar-refractivity contribution in [3.8, 4) is 0 Å². The minimum absolute atomic E-state index is 0.187. The summed E-state index contributed by atoms with van der Waals surface area (Å²) in [5, 5.41) is 2.70. The highest BCUT2D eigenvalue weighted by Crippen LogP contribution is 2.31. The van der Waals surface area contributed by atoms with E-state index < -0.39 is 5.91 Å². The molecule has 0 radical (unpaired) electrons. The molecule has 1 aromatic carbocycles. The topological polar surface area (TPSA) is 97.2 Å². The van der Waals surface area contributed by atoms with Crippen molar-refractivity contribution >= 4 is 17.5 Å². The first kappa shape index (κ1) is 21.4. The molecule has 3 aromatic rings. The molecule has 8 nitrogen and oxygen atoms in total. The Balaban J connectivity index is 1.54. The Morgan fingerprint density at radius 3 is 2.59 bits per heavy atom. The summed E-state index contributed by atoms with van der Waals surface area (Å²) >= 11 is 0. The molecule has 0 bridgehead atoms. The summed E-state index contributed by atoms with van der Waals surface area (Å²) in [5.41, 5.74) is 1.48. The molecule has 1 aliphatic rings. The third kappa shape index (κ3) is 4.27. The van der Waals surface area contributed by atoms with E-state index in [0.29, 0.717) is 41.3 Å². The number of pyridine rings is 1. The van der Waals surface area contributed by atoms with Crippen molar-refractivity contribution in [1.29, 1.82) is 0 Å². The number of hydrogen-bond donors (Lipinski definition) is 1. The van der Waals surface area contributed by atoms with E-state index in [-0.39, 0.29) is 23.3 Å². The number of aryl methyl sites for hydroxylation is 2. The lowest BCUT2D eigenvalue weighted by Gasteiger charge is -2.24. The second-order valence-electron chi connectivity index (χ2n) is 7.71. The first-order valence-electron chi connectivity index (χ1n) is 10.2. The number of carbonyl (C=O) groups excluding carboxylic acids is 2. The van der Waals surface area contributed by atoms with Crippen LogP contribution in [-0.4, -0.2) is 37.8 Å². The normalized spacial score (nSPS) is 15.6. The average Bonchev–Trinajstić information content (AvgIpc) is 3.26. The Kier molecular flexibility index (Phi) is 5.81. The monoisotopic (exact) mass is 435 g/mol. The molecule has 9 heteroatoms. The number of nitrogens with zero attached hydrogens (tertiary/aromatic N) is 4. The molecule has 1 fully saturated rings. The Morgan fingerprint density at radius 2 is 1.91 bits per heavy atom. The van der Waals surface area contributed by atoms with E-state index in [1.54, 1.807) is 18.9 Å². The molecule has 32 heavy (non-hydrogen) atoms. The number of benzene rings is 1. The molecule has 1 atom stereocenters. The molecule has 0 spiro atoms. The second kappa shape index (κ2) is 8.70. The van der Waals surface area contributed by atoms with E-state index >= 15 is 0 Å². The number of likely N-dealkylation sites (tertiary alicyclic amines) is 1. The summed E-state index contributed by atoms with van der Waals surface area (Å²) < 4.78 is 14.4. The van der Waals surface area contributed by atoms with E-state index in [1.807, 2.05) is 0 Å². The Hall–Kier alpha value is -3.88. The van der Waals surface area contributed by atoms with Crippen LogP contribution in [0.3, 0.4) is 0 Å². The maximum absolute atomic E-state index is 13.1. The number of amides is 2. The van der Waals surface area contributed by atoms with Crippen molar-refractivity contribution in [3.63, 3.8) is 0 Å². The number of carbonyl (C=O) groups is 2. The minimum atomic E-state index is -0.398. The first-order valence-corrected chi connectivity index (χ1v) is 10.2. The summed E-state index contributed by atoms with van der Waals surface area (Å²) in [6, 6.07) is 8.05. The second-order valence-corrected chi connectivity index (χ2v) is 7.71.